The van der Waals surface area contributed by atoms with Gasteiger partial charge in [-0.25, -0.2) is 8.42 Å². The van der Waals surface area contributed by atoms with Crippen LogP contribution in [0.4, 0.5) is 13.2 Å². The van der Waals surface area contributed by atoms with Crippen molar-refractivity contribution in [2.45, 2.75) is 44.0 Å². The van der Waals surface area contributed by atoms with E-state index in [-0.39, 0.29) is 22.6 Å². The molecule has 1 N–H and O–H groups in total. The number of hydrogen-bond donors (Lipinski definition) is 1. The van der Waals surface area contributed by atoms with Crippen molar-refractivity contribution in [3.8, 4) is 5.75 Å². The first kappa shape index (κ1) is 23.1. The second-order valence-corrected chi connectivity index (χ2v) is 9.22. The first-order valence-corrected chi connectivity index (χ1v) is 11.2. The van der Waals surface area contributed by atoms with E-state index in [9.17, 15) is 26.4 Å². The quantitative estimate of drug-likeness (QED) is 0.713. The number of nitrogens with zero attached hydrogens (tertiary/aromatic N) is 1. The second kappa shape index (κ2) is 9.27. The summed E-state index contributed by atoms with van der Waals surface area (Å²) in [5.74, 6) is -0.997. The van der Waals surface area contributed by atoms with Crippen molar-refractivity contribution in [3.63, 3.8) is 0 Å². The fourth-order valence-electron chi connectivity index (χ4n) is 3.41. The van der Waals surface area contributed by atoms with Crippen LogP contribution in [0.1, 0.15) is 40.7 Å². The minimum atomic E-state index is -4.85. The molecular formula is C21H23F3N2O4S. The molecule has 2 aromatic carbocycles. The van der Waals surface area contributed by atoms with Crippen molar-refractivity contribution in [1.29, 1.82) is 0 Å². The van der Waals surface area contributed by atoms with Crippen LogP contribution in [-0.4, -0.2) is 38.1 Å². The standard InChI is InChI=1S/C21H23F3N2O4S/c1-15-9-10-17(31(28,29)26-11-5-2-6-12-26)13-18(15)20(27)25-14-16-7-3-4-8-19(16)30-21(22,23)24/h3-4,7-10,13H,2,5-6,11-12,14H2,1H3,(H,25,27). The third-order valence-electron chi connectivity index (χ3n) is 5.04. The molecule has 168 valence electrons. The van der Waals surface area contributed by atoms with Gasteiger partial charge in [0.05, 0.1) is 4.90 Å². The van der Waals surface area contributed by atoms with Crippen molar-refractivity contribution in [1.82, 2.24) is 9.62 Å². The van der Waals surface area contributed by atoms with Gasteiger partial charge < -0.3 is 10.1 Å². The van der Waals surface area contributed by atoms with Gasteiger partial charge in [-0.15, -0.1) is 13.2 Å². The van der Waals surface area contributed by atoms with Crippen LogP contribution in [0.3, 0.4) is 0 Å². The van der Waals surface area contributed by atoms with E-state index in [2.05, 4.69) is 10.1 Å². The number of alkyl halides is 3. The summed E-state index contributed by atoms with van der Waals surface area (Å²) in [6, 6.07) is 9.81. The first-order valence-electron chi connectivity index (χ1n) is 9.80. The monoisotopic (exact) mass is 456 g/mol. The highest BCUT2D eigenvalue weighted by Gasteiger charge is 2.32. The van der Waals surface area contributed by atoms with E-state index in [1.165, 1.54) is 34.6 Å². The van der Waals surface area contributed by atoms with E-state index < -0.39 is 28.0 Å². The molecule has 6 nitrogen and oxygen atoms in total. The van der Waals surface area contributed by atoms with Crippen LogP contribution in [0.2, 0.25) is 0 Å². The van der Waals surface area contributed by atoms with Crippen LogP contribution < -0.4 is 10.1 Å². The molecule has 0 spiro atoms. The molecule has 0 radical (unpaired) electrons. The number of sulfonamides is 1. The minimum Gasteiger partial charge on any atom is -0.405 e. The van der Waals surface area contributed by atoms with Gasteiger partial charge >= 0.3 is 6.36 Å². The van der Waals surface area contributed by atoms with E-state index in [4.69, 9.17) is 0 Å². The normalized spacial score (nSPS) is 15.5. The maximum atomic E-state index is 12.9. The summed E-state index contributed by atoms with van der Waals surface area (Å²) in [7, 11) is -3.72. The lowest BCUT2D eigenvalue weighted by Crippen LogP contribution is -2.35. The molecule has 2 aromatic rings. The van der Waals surface area contributed by atoms with Gasteiger partial charge in [0.2, 0.25) is 10.0 Å². The van der Waals surface area contributed by atoms with Crippen molar-refractivity contribution < 1.29 is 31.1 Å². The summed E-state index contributed by atoms with van der Waals surface area (Å²) >= 11 is 0. The fraction of sp³-hybridized carbons (Fsp3) is 0.381. The summed E-state index contributed by atoms with van der Waals surface area (Å²) < 4.78 is 68.9. The van der Waals surface area contributed by atoms with Crippen LogP contribution in [0.15, 0.2) is 47.4 Å². The van der Waals surface area contributed by atoms with Gasteiger partial charge in [0.15, 0.2) is 0 Å². The Bertz CT molecular complexity index is 1050. The van der Waals surface area contributed by atoms with Crippen molar-refractivity contribution >= 4 is 15.9 Å². The van der Waals surface area contributed by atoms with Crippen molar-refractivity contribution in [2.24, 2.45) is 0 Å². The number of ether oxygens (including phenoxy) is 1. The molecule has 0 atom stereocenters. The molecule has 1 fully saturated rings. The average molecular weight is 456 g/mol. The Morgan fingerprint density at radius 2 is 1.77 bits per heavy atom. The van der Waals surface area contributed by atoms with Gasteiger partial charge in [0.25, 0.3) is 5.91 Å². The zero-order valence-electron chi connectivity index (χ0n) is 16.9. The Labute approximate surface area is 179 Å². The Hall–Kier alpha value is -2.59. The van der Waals surface area contributed by atoms with Gasteiger partial charge in [-0.1, -0.05) is 30.7 Å². The highest BCUT2D eigenvalue weighted by molar-refractivity contribution is 7.89. The molecule has 0 saturated carbocycles. The Morgan fingerprint density at radius 3 is 2.45 bits per heavy atom. The lowest BCUT2D eigenvalue weighted by atomic mass is 10.1. The number of halogens is 3. The number of para-hydroxylation sites is 1. The molecular weight excluding hydrogens is 433 g/mol. The first-order chi connectivity index (χ1) is 14.6. The lowest BCUT2D eigenvalue weighted by molar-refractivity contribution is -0.274. The van der Waals surface area contributed by atoms with E-state index in [0.29, 0.717) is 18.7 Å². The molecule has 0 bridgehead atoms. The van der Waals surface area contributed by atoms with E-state index in [1.54, 1.807) is 13.0 Å². The molecule has 1 aliphatic heterocycles. The zero-order chi connectivity index (χ0) is 22.6. The summed E-state index contributed by atoms with van der Waals surface area (Å²) in [4.78, 5) is 12.7. The van der Waals surface area contributed by atoms with Crippen molar-refractivity contribution in [3.05, 3.63) is 59.2 Å². The summed E-state index contributed by atoms with van der Waals surface area (Å²) in [5, 5.41) is 2.55. The topological polar surface area (TPSA) is 75.7 Å². The third kappa shape index (κ3) is 5.76. The van der Waals surface area contributed by atoms with Crippen LogP contribution in [-0.2, 0) is 16.6 Å². The summed E-state index contributed by atoms with van der Waals surface area (Å²) in [6.45, 7) is 2.32. The largest absolute Gasteiger partial charge is 0.573 e. The maximum Gasteiger partial charge on any atom is 0.573 e. The SMILES string of the molecule is Cc1ccc(S(=O)(=O)N2CCCCC2)cc1C(=O)NCc1ccccc1OC(F)(F)F. The predicted molar refractivity (Wildman–Crippen MR) is 108 cm³/mol. The molecule has 1 heterocycles. The number of piperidine rings is 1. The van der Waals surface area contributed by atoms with Crippen molar-refractivity contribution in [2.75, 3.05) is 13.1 Å². The highest BCUT2D eigenvalue weighted by atomic mass is 32.2. The number of rotatable bonds is 6. The second-order valence-electron chi connectivity index (χ2n) is 7.28. The number of amides is 1. The molecule has 1 aliphatic rings. The zero-order valence-corrected chi connectivity index (χ0v) is 17.7. The Kier molecular flexibility index (Phi) is 6.90. The van der Waals surface area contributed by atoms with Gasteiger partial charge in [-0.2, -0.15) is 4.31 Å². The highest BCUT2D eigenvalue weighted by Crippen LogP contribution is 2.27. The summed E-state index contributed by atoms with van der Waals surface area (Å²) in [5.41, 5.74) is 0.838. The Balaban J connectivity index is 1.78. The lowest BCUT2D eigenvalue weighted by Gasteiger charge is -2.26. The molecule has 1 saturated heterocycles. The van der Waals surface area contributed by atoms with Crippen LogP contribution >= 0.6 is 0 Å². The van der Waals surface area contributed by atoms with Gasteiger partial charge in [-0.05, 0) is 43.5 Å². The smallest absolute Gasteiger partial charge is 0.405 e. The fourth-order valence-corrected chi connectivity index (χ4v) is 4.95. The van der Waals surface area contributed by atoms with Crippen LogP contribution in [0.25, 0.3) is 0 Å². The number of nitrogens with one attached hydrogen (secondary N) is 1. The van der Waals surface area contributed by atoms with E-state index in [1.807, 2.05) is 0 Å². The van der Waals surface area contributed by atoms with Crippen LogP contribution in [0, 0.1) is 6.92 Å². The molecule has 0 unspecified atom stereocenters. The van der Waals surface area contributed by atoms with E-state index in [0.717, 1.165) is 25.3 Å². The number of carbonyl (C=O) groups excluding carboxylic acids is 1. The van der Waals surface area contributed by atoms with E-state index >= 15 is 0 Å². The molecule has 3 rings (SSSR count). The summed E-state index contributed by atoms with van der Waals surface area (Å²) in [6.07, 6.45) is -2.30. The maximum absolute atomic E-state index is 12.9. The number of carbonyl (C=O) groups is 1. The molecule has 31 heavy (non-hydrogen) atoms. The molecule has 1 amide bonds. The van der Waals surface area contributed by atoms with Gasteiger partial charge in [0, 0.05) is 30.8 Å². The number of benzene rings is 2. The molecule has 0 aromatic heterocycles. The molecule has 10 heteroatoms. The third-order valence-corrected chi connectivity index (χ3v) is 6.94. The van der Waals surface area contributed by atoms with Gasteiger partial charge in [0.1, 0.15) is 5.75 Å². The number of hydrogen-bond acceptors (Lipinski definition) is 4. The van der Waals surface area contributed by atoms with Gasteiger partial charge in [-0.3, -0.25) is 4.79 Å². The predicted octanol–water partition coefficient (Wildman–Crippen LogP) is 4.00. The molecule has 0 aliphatic carbocycles. The van der Waals surface area contributed by atoms with Crippen LogP contribution in [0.5, 0.6) is 5.75 Å². The Morgan fingerprint density at radius 1 is 1.10 bits per heavy atom. The average Bonchev–Trinajstić information content (AvgIpc) is 2.72. The minimum absolute atomic E-state index is 0.0194. The number of aryl methyl sites for hydroxylation is 1.